The van der Waals surface area contributed by atoms with Crippen LogP contribution in [0.1, 0.15) is 33.6 Å². The molecule has 2 saturated heterocycles. The summed E-state index contributed by atoms with van der Waals surface area (Å²) in [5.41, 5.74) is 0. The van der Waals surface area contributed by atoms with E-state index < -0.39 is 0 Å². The lowest BCUT2D eigenvalue weighted by atomic mass is 9.95. The Morgan fingerprint density at radius 1 is 1.07 bits per heavy atom. The number of guanidine groups is 1. The predicted octanol–water partition coefficient (Wildman–Crippen LogP) is 0.913. The van der Waals surface area contributed by atoms with Crippen LogP contribution in [0.4, 0.5) is 0 Å². The van der Waals surface area contributed by atoms with Gasteiger partial charge in [0.15, 0.2) is 5.96 Å². The minimum atomic E-state index is -0.00903. The number of carbonyl (C=O) groups is 2. The molecule has 0 saturated carbocycles. The van der Waals surface area contributed by atoms with Crippen molar-refractivity contribution in [2.75, 3.05) is 59.0 Å². The molecular weight excluding hydrogens is 473 g/mol. The van der Waals surface area contributed by atoms with Crippen LogP contribution in [0.5, 0.6) is 0 Å². The fraction of sp³-hybridized carbons (Fsp3) is 0.842. The lowest BCUT2D eigenvalue weighted by Gasteiger charge is -2.36. The van der Waals surface area contributed by atoms with Crippen molar-refractivity contribution in [2.45, 2.75) is 33.6 Å². The number of likely N-dealkylation sites (tertiary alicyclic amines) is 1. The van der Waals surface area contributed by atoms with Crippen molar-refractivity contribution in [1.29, 1.82) is 0 Å². The molecule has 0 bridgehead atoms. The first kappa shape index (κ1) is 24.9. The highest BCUT2D eigenvalue weighted by Gasteiger charge is 2.30. The fourth-order valence-electron chi connectivity index (χ4n) is 3.35. The lowest BCUT2D eigenvalue weighted by molar-refractivity contribution is -0.140. The van der Waals surface area contributed by atoms with E-state index >= 15 is 0 Å². The molecule has 2 aliphatic heterocycles. The molecule has 0 aliphatic carbocycles. The molecule has 2 N–H and O–H groups in total. The molecule has 28 heavy (non-hydrogen) atoms. The van der Waals surface area contributed by atoms with E-state index in [9.17, 15) is 9.59 Å². The fourth-order valence-corrected chi connectivity index (χ4v) is 3.35. The molecule has 0 aromatic rings. The van der Waals surface area contributed by atoms with Crippen molar-refractivity contribution in [2.24, 2.45) is 16.8 Å². The number of hydrogen-bond acceptors (Lipinski definition) is 4. The van der Waals surface area contributed by atoms with Crippen molar-refractivity contribution in [3.8, 4) is 0 Å². The van der Waals surface area contributed by atoms with Gasteiger partial charge in [0.05, 0.1) is 19.8 Å². The Morgan fingerprint density at radius 2 is 1.71 bits per heavy atom. The number of morpholine rings is 1. The Morgan fingerprint density at radius 3 is 2.29 bits per heavy atom. The van der Waals surface area contributed by atoms with Crippen molar-refractivity contribution >= 4 is 41.8 Å². The van der Waals surface area contributed by atoms with Crippen molar-refractivity contribution < 1.29 is 14.3 Å². The molecule has 0 unspecified atom stereocenters. The third kappa shape index (κ3) is 7.73. The van der Waals surface area contributed by atoms with Crippen LogP contribution in [-0.2, 0) is 14.3 Å². The van der Waals surface area contributed by atoms with Gasteiger partial charge < -0.3 is 25.2 Å². The molecule has 2 aliphatic rings. The molecule has 2 heterocycles. The molecule has 162 valence electrons. The second kappa shape index (κ2) is 13.2. The lowest BCUT2D eigenvalue weighted by Crippen LogP contribution is -2.50. The van der Waals surface area contributed by atoms with E-state index in [2.05, 4.69) is 20.5 Å². The third-order valence-corrected chi connectivity index (χ3v) is 5.00. The molecule has 0 spiro atoms. The normalized spacial score (nSPS) is 18.6. The SMILES string of the molecule is CCNC(=NCCNC(=O)C(C)C)N1CCC(C(=O)N2CCOCC2)CC1.I. The van der Waals surface area contributed by atoms with Gasteiger partial charge in [-0.3, -0.25) is 14.6 Å². The van der Waals surface area contributed by atoms with Crippen LogP contribution >= 0.6 is 24.0 Å². The Bertz CT molecular complexity index is 516. The standard InChI is InChI=1S/C19H35N5O3.HI/c1-4-20-19(22-8-7-21-17(25)15(2)3)24-9-5-16(6-10-24)18(26)23-11-13-27-14-12-23;/h15-16H,4-14H2,1-3H3,(H,20,22)(H,21,25);1H. The zero-order chi connectivity index (χ0) is 19.6. The van der Waals surface area contributed by atoms with Crippen LogP contribution in [-0.4, -0.2) is 86.6 Å². The smallest absolute Gasteiger partial charge is 0.225 e. The van der Waals surface area contributed by atoms with Gasteiger partial charge in [-0.2, -0.15) is 0 Å². The average Bonchev–Trinajstić information content (AvgIpc) is 2.70. The predicted molar refractivity (Wildman–Crippen MR) is 121 cm³/mol. The van der Waals surface area contributed by atoms with Crippen LogP contribution in [0.2, 0.25) is 0 Å². The topological polar surface area (TPSA) is 86.3 Å². The zero-order valence-corrected chi connectivity index (χ0v) is 19.7. The van der Waals surface area contributed by atoms with Gasteiger partial charge in [0, 0.05) is 51.1 Å². The minimum absolute atomic E-state index is 0. The third-order valence-electron chi connectivity index (χ3n) is 5.00. The molecule has 2 amide bonds. The van der Waals surface area contributed by atoms with E-state index in [-0.39, 0.29) is 47.6 Å². The van der Waals surface area contributed by atoms with Crippen molar-refractivity contribution in [3.05, 3.63) is 0 Å². The molecular formula is C19H36IN5O3. The van der Waals surface area contributed by atoms with Gasteiger partial charge in [-0.25, -0.2) is 0 Å². The summed E-state index contributed by atoms with van der Waals surface area (Å²) in [6, 6.07) is 0. The van der Waals surface area contributed by atoms with Crippen LogP contribution in [0.15, 0.2) is 4.99 Å². The summed E-state index contributed by atoms with van der Waals surface area (Å²) in [6.45, 7) is 12.1. The number of piperidine rings is 1. The first-order valence-corrected chi connectivity index (χ1v) is 10.2. The molecule has 0 aromatic heterocycles. The summed E-state index contributed by atoms with van der Waals surface area (Å²) in [4.78, 5) is 33.1. The second-order valence-electron chi connectivity index (χ2n) is 7.38. The maximum atomic E-state index is 12.7. The van der Waals surface area contributed by atoms with E-state index in [1.165, 1.54) is 0 Å². The Labute approximate surface area is 185 Å². The monoisotopic (exact) mass is 509 g/mol. The van der Waals surface area contributed by atoms with Gasteiger partial charge in [-0.15, -0.1) is 24.0 Å². The Kier molecular flexibility index (Phi) is 11.7. The maximum Gasteiger partial charge on any atom is 0.225 e. The maximum absolute atomic E-state index is 12.7. The van der Waals surface area contributed by atoms with Gasteiger partial charge in [-0.05, 0) is 19.8 Å². The van der Waals surface area contributed by atoms with Gasteiger partial charge in [0.25, 0.3) is 0 Å². The highest BCUT2D eigenvalue weighted by Crippen LogP contribution is 2.20. The van der Waals surface area contributed by atoms with E-state index in [1.54, 1.807) is 0 Å². The van der Waals surface area contributed by atoms with Gasteiger partial charge in [0.2, 0.25) is 11.8 Å². The molecule has 0 atom stereocenters. The Hall–Kier alpha value is -1.10. The first-order valence-electron chi connectivity index (χ1n) is 10.2. The second-order valence-corrected chi connectivity index (χ2v) is 7.38. The van der Waals surface area contributed by atoms with Crippen LogP contribution in [0, 0.1) is 11.8 Å². The number of ether oxygens (including phenoxy) is 1. The number of aliphatic imine (C=N–C) groups is 1. The summed E-state index contributed by atoms with van der Waals surface area (Å²) in [6.07, 6.45) is 1.70. The van der Waals surface area contributed by atoms with Crippen LogP contribution < -0.4 is 10.6 Å². The van der Waals surface area contributed by atoms with E-state index in [0.29, 0.717) is 39.4 Å². The van der Waals surface area contributed by atoms with E-state index in [0.717, 1.165) is 38.4 Å². The molecule has 0 aromatic carbocycles. The van der Waals surface area contributed by atoms with Crippen LogP contribution in [0.3, 0.4) is 0 Å². The average molecular weight is 509 g/mol. The molecule has 0 radical (unpaired) electrons. The molecule has 2 fully saturated rings. The largest absolute Gasteiger partial charge is 0.378 e. The summed E-state index contributed by atoms with van der Waals surface area (Å²) in [7, 11) is 0. The minimum Gasteiger partial charge on any atom is -0.378 e. The number of rotatable bonds is 6. The summed E-state index contributed by atoms with van der Waals surface area (Å²) in [5.74, 6) is 1.29. The highest BCUT2D eigenvalue weighted by molar-refractivity contribution is 14.0. The van der Waals surface area contributed by atoms with Crippen molar-refractivity contribution in [3.63, 3.8) is 0 Å². The number of carbonyl (C=O) groups excluding carboxylic acids is 2. The Balaban J connectivity index is 0.00000392. The van der Waals surface area contributed by atoms with Crippen molar-refractivity contribution in [1.82, 2.24) is 20.4 Å². The number of nitrogens with one attached hydrogen (secondary N) is 2. The van der Waals surface area contributed by atoms with Crippen LogP contribution in [0.25, 0.3) is 0 Å². The molecule has 8 nitrogen and oxygen atoms in total. The summed E-state index contributed by atoms with van der Waals surface area (Å²) >= 11 is 0. The number of nitrogens with zero attached hydrogens (tertiary/aromatic N) is 3. The van der Waals surface area contributed by atoms with Gasteiger partial charge >= 0.3 is 0 Å². The van der Waals surface area contributed by atoms with E-state index in [4.69, 9.17) is 4.74 Å². The zero-order valence-electron chi connectivity index (χ0n) is 17.4. The number of halogens is 1. The highest BCUT2D eigenvalue weighted by atomic mass is 127. The summed E-state index contributed by atoms with van der Waals surface area (Å²) in [5, 5.41) is 6.21. The van der Waals surface area contributed by atoms with Gasteiger partial charge in [0.1, 0.15) is 0 Å². The summed E-state index contributed by atoms with van der Waals surface area (Å²) < 4.78 is 5.33. The van der Waals surface area contributed by atoms with E-state index in [1.807, 2.05) is 25.7 Å². The number of amides is 2. The number of hydrogen-bond donors (Lipinski definition) is 2. The quantitative estimate of drug-likeness (QED) is 0.241. The molecule has 9 heteroatoms. The first-order chi connectivity index (χ1) is 13.0. The van der Waals surface area contributed by atoms with Gasteiger partial charge in [-0.1, -0.05) is 13.8 Å². The molecule has 2 rings (SSSR count).